The fourth-order valence-electron chi connectivity index (χ4n) is 2.00. The number of nitrogens with one attached hydrogen (secondary N) is 1. The van der Waals surface area contributed by atoms with Crippen molar-refractivity contribution in [3.05, 3.63) is 0 Å². The van der Waals surface area contributed by atoms with E-state index < -0.39 is 5.54 Å². The molecule has 1 rings (SSSR count). The van der Waals surface area contributed by atoms with Crippen LogP contribution in [0.25, 0.3) is 0 Å². The summed E-state index contributed by atoms with van der Waals surface area (Å²) in [6, 6.07) is 0.451. The zero-order chi connectivity index (χ0) is 15.9. The molecule has 0 aromatic carbocycles. The van der Waals surface area contributed by atoms with Gasteiger partial charge in [0.1, 0.15) is 5.54 Å². The molecule has 1 aliphatic rings. The third-order valence-corrected chi connectivity index (χ3v) is 3.97. The van der Waals surface area contributed by atoms with E-state index in [1.54, 1.807) is 7.11 Å². The first-order valence-electron chi connectivity index (χ1n) is 7.91. The van der Waals surface area contributed by atoms with Crippen molar-refractivity contribution >= 4 is 5.97 Å². The molecule has 0 aromatic rings. The van der Waals surface area contributed by atoms with E-state index in [9.17, 15) is 4.79 Å². The molecule has 5 nitrogen and oxygen atoms in total. The molecule has 1 saturated carbocycles. The Morgan fingerprint density at radius 3 is 2.33 bits per heavy atom. The zero-order valence-electron chi connectivity index (χ0n) is 14.2. The molecule has 1 fully saturated rings. The third kappa shape index (κ3) is 6.76. The van der Waals surface area contributed by atoms with Gasteiger partial charge in [-0.25, -0.2) is 0 Å². The smallest absolute Gasteiger partial charge is 0.326 e. The Hall–Kier alpha value is -0.650. The monoisotopic (exact) mass is 301 g/mol. The first kappa shape index (κ1) is 18.4. The minimum atomic E-state index is -0.645. The van der Waals surface area contributed by atoms with Crippen molar-refractivity contribution in [2.45, 2.75) is 70.6 Å². The topological polar surface area (TPSA) is 56.8 Å². The van der Waals surface area contributed by atoms with Crippen LogP contribution in [0.2, 0.25) is 0 Å². The quantitative estimate of drug-likeness (QED) is 0.469. The highest BCUT2D eigenvalue weighted by atomic mass is 16.5. The number of carbonyl (C=O) groups is 1. The molecular formula is C16H31NO4. The summed E-state index contributed by atoms with van der Waals surface area (Å²) in [7, 11) is 1.71. The molecule has 0 spiro atoms. The van der Waals surface area contributed by atoms with E-state index in [2.05, 4.69) is 5.32 Å². The first-order chi connectivity index (χ1) is 9.83. The standard InChI is InChI=1S/C16H31NO4/c1-6-21-14(18)16(4,17-13-7-8-13)10-12-20-11-9-15(2,3)19-5/h13,17H,6-12H2,1-5H3. The van der Waals surface area contributed by atoms with Crippen LogP contribution in [-0.2, 0) is 19.0 Å². The van der Waals surface area contributed by atoms with Gasteiger partial charge in [0.05, 0.1) is 12.2 Å². The molecule has 0 heterocycles. The Balaban J connectivity index is 2.34. The first-order valence-corrected chi connectivity index (χ1v) is 7.91. The SMILES string of the molecule is CCOC(=O)C(C)(CCOCCC(C)(C)OC)NC1CC1. The van der Waals surface area contributed by atoms with Crippen LogP contribution in [0, 0.1) is 0 Å². The van der Waals surface area contributed by atoms with Crippen LogP contribution < -0.4 is 5.32 Å². The van der Waals surface area contributed by atoms with Crippen molar-refractivity contribution in [1.82, 2.24) is 5.32 Å². The number of hydrogen-bond donors (Lipinski definition) is 1. The molecule has 1 N–H and O–H groups in total. The molecule has 1 atom stereocenters. The summed E-state index contributed by atoms with van der Waals surface area (Å²) >= 11 is 0. The number of ether oxygens (including phenoxy) is 3. The average molecular weight is 301 g/mol. The van der Waals surface area contributed by atoms with Crippen LogP contribution in [0.3, 0.4) is 0 Å². The molecular weight excluding hydrogens is 270 g/mol. The van der Waals surface area contributed by atoms with Gasteiger partial charge in [-0.3, -0.25) is 10.1 Å². The highest BCUT2D eigenvalue weighted by Gasteiger charge is 2.39. The van der Waals surface area contributed by atoms with Gasteiger partial charge in [0.25, 0.3) is 0 Å². The highest BCUT2D eigenvalue weighted by molar-refractivity contribution is 5.80. The number of hydrogen-bond acceptors (Lipinski definition) is 5. The molecule has 0 aromatic heterocycles. The molecule has 0 bridgehead atoms. The fourth-order valence-corrected chi connectivity index (χ4v) is 2.00. The van der Waals surface area contributed by atoms with Crippen LogP contribution in [0.1, 0.15) is 53.4 Å². The summed E-state index contributed by atoms with van der Waals surface area (Å²) in [6.45, 7) is 9.38. The highest BCUT2D eigenvalue weighted by Crippen LogP contribution is 2.25. The normalized spacial score (nSPS) is 18.3. The van der Waals surface area contributed by atoms with Crippen molar-refractivity contribution < 1.29 is 19.0 Å². The summed E-state index contributed by atoms with van der Waals surface area (Å²) in [5.74, 6) is -0.183. The second kappa shape index (κ2) is 8.11. The van der Waals surface area contributed by atoms with Gasteiger partial charge in [-0.2, -0.15) is 0 Å². The third-order valence-electron chi connectivity index (χ3n) is 3.97. The van der Waals surface area contributed by atoms with E-state index in [-0.39, 0.29) is 11.6 Å². The largest absolute Gasteiger partial charge is 0.465 e. The van der Waals surface area contributed by atoms with Crippen LogP contribution in [0.15, 0.2) is 0 Å². The minimum absolute atomic E-state index is 0.170. The molecule has 0 amide bonds. The Bertz CT molecular complexity index is 328. The van der Waals surface area contributed by atoms with Crippen LogP contribution in [0.4, 0.5) is 0 Å². The Labute approximate surface area is 128 Å². The maximum absolute atomic E-state index is 12.1. The van der Waals surface area contributed by atoms with E-state index in [0.29, 0.717) is 32.3 Å². The summed E-state index contributed by atoms with van der Waals surface area (Å²) < 4.78 is 16.2. The van der Waals surface area contributed by atoms with Gasteiger partial charge in [-0.15, -0.1) is 0 Å². The predicted octanol–water partition coefficient (Wildman–Crippen LogP) is 2.28. The lowest BCUT2D eigenvalue weighted by molar-refractivity contribution is -0.151. The van der Waals surface area contributed by atoms with Crippen molar-refractivity contribution in [3.63, 3.8) is 0 Å². The van der Waals surface area contributed by atoms with Crippen molar-refractivity contribution in [1.29, 1.82) is 0 Å². The van der Waals surface area contributed by atoms with Crippen LogP contribution >= 0.6 is 0 Å². The molecule has 0 aliphatic heterocycles. The lowest BCUT2D eigenvalue weighted by atomic mass is 9.98. The second-order valence-electron chi connectivity index (χ2n) is 6.55. The lowest BCUT2D eigenvalue weighted by Crippen LogP contribution is -2.52. The van der Waals surface area contributed by atoms with Crippen LogP contribution in [0.5, 0.6) is 0 Å². The van der Waals surface area contributed by atoms with Gasteiger partial charge in [-0.05, 0) is 53.4 Å². The van der Waals surface area contributed by atoms with Crippen molar-refractivity contribution in [3.8, 4) is 0 Å². The maximum Gasteiger partial charge on any atom is 0.326 e. The molecule has 1 unspecified atom stereocenters. The van der Waals surface area contributed by atoms with Gasteiger partial charge in [0.2, 0.25) is 0 Å². The summed E-state index contributed by atoms with van der Waals surface area (Å²) in [4.78, 5) is 12.1. The Morgan fingerprint density at radius 1 is 1.19 bits per heavy atom. The van der Waals surface area contributed by atoms with Gasteiger partial charge >= 0.3 is 5.97 Å². The number of rotatable bonds is 11. The van der Waals surface area contributed by atoms with Crippen molar-refractivity contribution in [2.75, 3.05) is 26.9 Å². The molecule has 1 aliphatic carbocycles. The molecule has 124 valence electrons. The van der Waals surface area contributed by atoms with Crippen LogP contribution in [-0.4, -0.2) is 50.1 Å². The Kier molecular flexibility index (Phi) is 7.10. The van der Waals surface area contributed by atoms with E-state index in [1.165, 1.54) is 0 Å². The van der Waals surface area contributed by atoms with E-state index in [4.69, 9.17) is 14.2 Å². The Morgan fingerprint density at radius 2 is 1.81 bits per heavy atom. The van der Waals surface area contributed by atoms with Gasteiger partial charge in [0, 0.05) is 26.4 Å². The van der Waals surface area contributed by atoms with Gasteiger partial charge in [-0.1, -0.05) is 0 Å². The zero-order valence-corrected chi connectivity index (χ0v) is 14.2. The fraction of sp³-hybridized carbons (Fsp3) is 0.938. The number of carbonyl (C=O) groups excluding carboxylic acids is 1. The summed E-state index contributed by atoms with van der Waals surface area (Å²) in [5, 5.41) is 3.39. The van der Waals surface area contributed by atoms with E-state index >= 15 is 0 Å². The summed E-state index contributed by atoms with van der Waals surface area (Å²) in [6.07, 6.45) is 3.72. The summed E-state index contributed by atoms with van der Waals surface area (Å²) in [5.41, 5.74) is -0.815. The van der Waals surface area contributed by atoms with Gasteiger partial charge < -0.3 is 14.2 Å². The lowest BCUT2D eigenvalue weighted by Gasteiger charge is -2.29. The van der Waals surface area contributed by atoms with Crippen molar-refractivity contribution in [2.24, 2.45) is 0 Å². The van der Waals surface area contributed by atoms with E-state index in [0.717, 1.165) is 19.3 Å². The molecule has 5 heteroatoms. The second-order valence-corrected chi connectivity index (χ2v) is 6.55. The predicted molar refractivity (Wildman–Crippen MR) is 82.3 cm³/mol. The number of esters is 1. The number of methoxy groups -OCH3 is 1. The minimum Gasteiger partial charge on any atom is -0.465 e. The van der Waals surface area contributed by atoms with E-state index in [1.807, 2.05) is 27.7 Å². The molecule has 0 radical (unpaired) electrons. The molecule has 21 heavy (non-hydrogen) atoms. The molecule has 0 saturated heterocycles. The average Bonchev–Trinajstić information content (AvgIpc) is 3.22. The van der Waals surface area contributed by atoms with Gasteiger partial charge in [0.15, 0.2) is 0 Å². The maximum atomic E-state index is 12.1.